The first-order valence-electron chi connectivity index (χ1n) is 7.35. The average molecular weight is 305 g/mol. The van der Waals surface area contributed by atoms with Crippen molar-refractivity contribution in [1.82, 2.24) is 15.0 Å². The van der Waals surface area contributed by atoms with Crippen LogP contribution in [0.5, 0.6) is 0 Å². The molecular formula is C15H23N5S. The van der Waals surface area contributed by atoms with Crippen molar-refractivity contribution in [2.75, 3.05) is 23.8 Å². The molecule has 0 aromatic carbocycles. The van der Waals surface area contributed by atoms with Crippen LogP contribution in [0.1, 0.15) is 37.4 Å². The van der Waals surface area contributed by atoms with Gasteiger partial charge in [0.15, 0.2) is 0 Å². The van der Waals surface area contributed by atoms with Crippen LogP contribution in [0, 0.1) is 6.92 Å². The van der Waals surface area contributed by atoms with E-state index >= 15 is 0 Å². The highest BCUT2D eigenvalue weighted by molar-refractivity contribution is 7.07. The van der Waals surface area contributed by atoms with Crippen molar-refractivity contribution in [3.8, 4) is 0 Å². The summed E-state index contributed by atoms with van der Waals surface area (Å²) >= 11 is 1.62. The average Bonchev–Trinajstić information content (AvgIpc) is 2.99. The van der Waals surface area contributed by atoms with E-state index in [1.807, 2.05) is 5.51 Å². The molecule has 0 aliphatic heterocycles. The molecule has 2 aromatic rings. The highest BCUT2D eigenvalue weighted by atomic mass is 32.1. The molecule has 0 aliphatic carbocycles. The van der Waals surface area contributed by atoms with Gasteiger partial charge in [-0.15, -0.1) is 11.3 Å². The van der Waals surface area contributed by atoms with Crippen molar-refractivity contribution < 1.29 is 0 Å². The molecule has 6 heteroatoms. The van der Waals surface area contributed by atoms with Gasteiger partial charge in [-0.2, -0.15) is 0 Å². The minimum Gasteiger partial charge on any atom is -0.370 e. The Morgan fingerprint density at radius 3 is 2.71 bits per heavy atom. The predicted octanol–water partition coefficient (Wildman–Crippen LogP) is 3.26. The Hall–Kier alpha value is -1.69. The minimum atomic E-state index is 0.762. The Labute approximate surface area is 130 Å². The fourth-order valence-electron chi connectivity index (χ4n) is 2.13. The summed E-state index contributed by atoms with van der Waals surface area (Å²) in [5.41, 5.74) is 4.03. The molecule has 0 atom stereocenters. The van der Waals surface area contributed by atoms with E-state index in [0.29, 0.717) is 0 Å². The third kappa shape index (κ3) is 3.91. The second-order valence-electron chi connectivity index (χ2n) is 5.05. The van der Waals surface area contributed by atoms with E-state index in [2.05, 4.69) is 53.4 Å². The lowest BCUT2D eigenvalue weighted by Crippen LogP contribution is -2.21. The molecule has 0 amide bonds. The van der Waals surface area contributed by atoms with Crippen LogP contribution >= 0.6 is 11.3 Å². The summed E-state index contributed by atoms with van der Waals surface area (Å²) in [4.78, 5) is 15.8. The Balaban J connectivity index is 2.27. The van der Waals surface area contributed by atoms with E-state index in [9.17, 15) is 0 Å². The fourth-order valence-corrected chi connectivity index (χ4v) is 2.68. The van der Waals surface area contributed by atoms with Crippen LogP contribution in [0.3, 0.4) is 0 Å². The molecule has 0 fully saturated rings. The van der Waals surface area contributed by atoms with Gasteiger partial charge in [-0.25, -0.2) is 15.0 Å². The van der Waals surface area contributed by atoms with E-state index < -0.39 is 0 Å². The van der Waals surface area contributed by atoms with Gasteiger partial charge in [-0.1, -0.05) is 13.8 Å². The third-order valence-corrected chi connectivity index (χ3v) is 3.90. The zero-order chi connectivity index (χ0) is 15.2. The molecule has 0 bridgehead atoms. The summed E-state index contributed by atoms with van der Waals surface area (Å²) < 4.78 is 0. The number of hydrogen-bond donors (Lipinski definition) is 1. The standard InChI is InChI=1S/C15H23N5S/c1-5-7-16-14-11(3)15(19-13(6-2)18-14)20(4)8-12-9-21-10-17-12/h9-10H,5-8H2,1-4H3,(H,16,18,19). The zero-order valence-electron chi connectivity index (χ0n) is 13.2. The Kier molecular flexibility index (Phi) is 5.50. The Morgan fingerprint density at radius 2 is 2.10 bits per heavy atom. The number of aryl methyl sites for hydroxylation is 1. The van der Waals surface area contributed by atoms with Gasteiger partial charge in [0.1, 0.15) is 17.5 Å². The summed E-state index contributed by atoms with van der Waals surface area (Å²) in [5, 5.41) is 5.47. The first-order chi connectivity index (χ1) is 10.2. The monoisotopic (exact) mass is 305 g/mol. The quantitative estimate of drug-likeness (QED) is 0.851. The summed E-state index contributed by atoms with van der Waals surface area (Å²) in [7, 11) is 2.05. The van der Waals surface area contributed by atoms with Gasteiger partial charge in [0.25, 0.3) is 0 Å². The normalized spacial score (nSPS) is 10.7. The Morgan fingerprint density at radius 1 is 1.29 bits per heavy atom. The zero-order valence-corrected chi connectivity index (χ0v) is 14.0. The molecule has 21 heavy (non-hydrogen) atoms. The summed E-state index contributed by atoms with van der Waals surface area (Å²) in [5.74, 6) is 2.80. The fraction of sp³-hybridized carbons (Fsp3) is 0.533. The number of hydrogen-bond acceptors (Lipinski definition) is 6. The van der Waals surface area contributed by atoms with Crippen LogP contribution in [0.2, 0.25) is 0 Å². The maximum absolute atomic E-state index is 4.69. The summed E-state index contributed by atoms with van der Waals surface area (Å²) in [6.45, 7) is 8.00. The predicted molar refractivity (Wildman–Crippen MR) is 89.1 cm³/mol. The lowest BCUT2D eigenvalue weighted by Gasteiger charge is -2.21. The molecule has 2 rings (SSSR count). The van der Waals surface area contributed by atoms with Crippen molar-refractivity contribution in [2.24, 2.45) is 0 Å². The van der Waals surface area contributed by atoms with Crippen molar-refractivity contribution in [2.45, 2.75) is 40.2 Å². The molecule has 0 unspecified atom stereocenters. The number of thiazole rings is 1. The van der Waals surface area contributed by atoms with Gasteiger partial charge in [0.05, 0.1) is 17.7 Å². The van der Waals surface area contributed by atoms with Gasteiger partial charge in [0.2, 0.25) is 0 Å². The topological polar surface area (TPSA) is 53.9 Å². The SMILES string of the molecule is CCCNc1nc(CC)nc(N(C)Cc2cscn2)c1C. The largest absolute Gasteiger partial charge is 0.370 e. The smallest absolute Gasteiger partial charge is 0.137 e. The molecule has 0 spiro atoms. The summed E-state index contributed by atoms with van der Waals surface area (Å²) in [6, 6.07) is 0. The van der Waals surface area contributed by atoms with Gasteiger partial charge in [-0.3, -0.25) is 0 Å². The number of nitrogens with zero attached hydrogens (tertiary/aromatic N) is 4. The first-order valence-corrected chi connectivity index (χ1v) is 8.29. The van der Waals surface area contributed by atoms with E-state index in [1.165, 1.54) is 0 Å². The van der Waals surface area contributed by atoms with E-state index in [0.717, 1.165) is 54.6 Å². The highest BCUT2D eigenvalue weighted by Gasteiger charge is 2.14. The number of rotatable bonds is 7. The van der Waals surface area contributed by atoms with Crippen LogP contribution in [-0.2, 0) is 13.0 Å². The number of aromatic nitrogens is 3. The molecule has 1 N–H and O–H groups in total. The van der Waals surface area contributed by atoms with Crippen molar-refractivity contribution in [1.29, 1.82) is 0 Å². The Bertz CT molecular complexity index is 568. The van der Waals surface area contributed by atoms with Gasteiger partial charge < -0.3 is 10.2 Å². The van der Waals surface area contributed by atoms with E-state index in [4.69, 9.17) is 4.98 Å². The van der Waals surface area contributed by atoms with Crippen LogP contribution < -0.4 is 10.2 Å². The minimum absolute atomic E-state index is 0.762. The van der Waals surface area contributed by atoms with E-state index in [1.54, 1.807) is 11.3 Å². The van der Waals surface area contributed by atoms with Gasteiger partial charge in [0, 0.05) is 31.0 Å². The molecule has 0 saturated carbocycles. The second kappa shape index (κ2) is 7.36. The van der Waals surface area contributed by atoms with Crippen LogP contribution in [0.15, 0.2) is 10.9 Å². The third-order valence-electron chi connectivity index (χ3n) is 3.27. The van der Waals surface area contributed by atoms with Crippen LogP contribution in [-0.4, -0.2) is 28.5 Å². The molecule has 2 heterocycles. The molecule has 5 nitrogen and oxygen atoms in total. The van der Waals surface area contributed by atoms with Crippen LogP contribution in [0.4, 0.5) is 11.6 Å². The first kappa shape index (κ1) is 15.7. The van der Waals surface area contributed by atoms with Gasteiger partial charge >= 0.3 is 0 Å². The number of nitrogens with one attached hydrogen (secondary N) is 1. The molecule has 2 aromatic heterocycles. The highest BCUT2D eigenvalue weighted by Crippen LogP contribution is 2.24. The second-order valence-corrected chi connectivity index (χ2v) is 5.77. The van der Waals surface area contributed by atoms with Gasteiger partial charge in [-0.05, 0) is 13.3 Å². The molecule has 0 aliphatic rings. The summed E-state index contributed by atoms with van der Waals surface area (Å²) in [6.07, 6.45) is 1.91. The molecule has 0 saturated heterocycles. The lowest BCUT2D eigenvalue weighted by atomic mass is 10.2. The van der Waals surface area contributed by atoms with Crippen molar-refractivity contribution in [3.05, 3.63) is 28.0 Å². The maximum atomic E-state index is 4.69. The maximum Gasteiger partial charge on any atom is 0.137 e. The van der Waals surface area contributed by atoms with Crippen LogP contribution in [0.25, 0.3) is 0 Å². The van der Waals surface area contributed by atoms with Crippen molar-refractivity contribution >= 4 is 23.0 Å². The molecular weight excluding hydrogens is 282 g/mol. The van der Waals surface area contributed by atoms with E-state index in [-0.39, 0.29) is 0 Å². The lowest BCUT2D eigenvalue weighted by molar-refractivity contribution is 0.833. The number of anilines is 2. The van der Waals surface area contributed by atoms with Crippen molar-refractivity contribution in [3.63, 3.8) is 0 Å². The molecule has 0 radical (unpaired) electrons. The molecule has 114 valence electrons.